The molecule has 0 spiro atoms. The van der Waals surface area contributed by atoms with Gasteiger partial charge in [-0.3, -0.25) is 9.59 Å². The lowest BCUT2D eigenvalue weighted by Gasteiger charge is -2.12. The van der Waals surface area contributed by atoms with Crippen molar-refractivity contribution < 1.29 is 22.8 Å². The highest BCUT2D eigenvalue weighted by molar-refractivity contribution is 6.03. The van der Waals surface area contributed by atoms with Crippen LogP contribution in [0.2, 0.25) is 0 Å². The highest BCUT2D eigenvalue weighted by Crippen LogP contribution is 2.33. The molecule has 0 fully saturated rings. The maximum absolute atomic E-state index is 12.9. The first-order valence-electron chi connectivity index (χ1n) is 11.8. The number of nitrogens with zero attached hydrogens (tertiary/aromatic N) is 1. The number of terminal acetylenes is 1. The Balaban J connectivity index is 1.65. The van der Waals surface area contributed by atoms with E-state index in [-0.39, 0.29) is 5.91 Å². The molecule has 5 nitrogen and oxygen atoms in total. The topological polar surface area (TPSA) is 63.1 Å². The van der Waals surface area contributed by atoms with Crippen LogP contribution in [0.25, 0.3) is 28.1 Å². The number of aryl methyl sites for hydroxylation is 1. The smallest absolute Gasteiger partial charge is 0.359 e. The summed E-state index contributed by atoms with van der Waals surface area (Å²) >= 11 is 0. The number of nitrogens with one attached hydrogen (secondary N) is 2. The fourth-order valence-electron chi connectivity index (χ4n) is 4.03. The number of hydrogen-bond acceptors (Lipinski definition) is 2. The van der Waals surface area contributed by atoms with Crippen molar-refractivity contribution in [3.05, 3.63) is 96.2 Å². The van der Waals surface area contributed by atoms with E-state index in [1.165, 1.54) is 12.1 Å². The summed E-state index contributed by atoms with van der Waals surface area (Å²) in [6.07, 6.45) is 3.57. The van der Waals surface area contributed by atoms with Crippen molar-refractivity contribution >= 4 is 17.5 Å². The fourth-order valence-corrected chi connectivity index (χ4v) is 4.03. The molecule has 4 aromatic rings. The van der Waals surface area contributed by atoms with Gasteiger partial charge in [0.2, 0.25) is 5.91 Å². The second-order valence-electron chi connectivity index (χ2n) is 8.57. The lowest BCUT2D eigenvalue weighted by molar-refractivity contribution is -0.137. The van der Waals surface area contributed by atoms with Crippen LogP contribution in [-0.2, 0) is 22.2 Å². The molecule has 2 N–H and O–H groups in total. The molecule has 1 heterocycles. The molecule has 0 aliphatic heterocycles. The van der Waals surface area contributed by atoms with Crippen molar-refractivity contribution in [3.8, 4) is 40.4 Å². The number of anilines is 1. The second-order valence-corrected chi connectivity index (χ2v) is 8.57. The van der Waals surface area contributed by atoms with E-state index < -0.39 is 17.6 Å². The fraction of sp³-hybridized carbons (Fsp3) is 0.133. The average molecular weight is 516 g/mol. The maximum atomic E-state index is 12.9. The largest absolute Gasteiger partial charge is 0.416 e. The van der Waals surface area contributed by atoms with Crippen LogP contribution in [0.1, 0.15) is 17.5 Å². The van der Waals surface area contributed by atoms with Gasteiger partial charge >= 0.3 is 6.18 Å². The van der Waals surface area contributed by atoms with Crippen LogP contribution >= 0.6 is 0 Å². The molecule has 0 radical (unpaired) electrons. The lowest BCUT2D eigenvalue weighted by atomic mass is 10.0. The van der Waals surface area contributed by atoms with Crippen LogP contribution in [-0.4, -0.2) is 23.4 Å². The first-order chi connectivity index (χ1) is 18.2. The van der Waals surface area contributed by atoms with E-state index in [1.807, 2.05) is 59.1 Å². The molecule has 192 valence electrons. The van der Waals surface area contributed by atoms with E-state index >= 15 is 0 Å². The molecule has 0 unspecified atom stereocenters. The van der Waals surface area contributed by atoms with Gasteiger partial charge in [-0.05, 0) is 77.1 Å². The van der Waals surface area contributed by atoms with Crippen LogP contribution < -0.4 is 10.6 Å². The van der Waals surface area contributed by atoms with Crippen LogP contribution in [0.5, 0.6) is 0 Å². The second kappa shape index (κ2) is 11.1. The molecule has 0 saturated carbocycles. The van der Waals surface area contributed by atoms with Crippen LogP contribution in [0.15, 0.2) is 85.1 Å². The summed E-state index contributed by atoms with van der Waals surface area (Å²) in [5.74, 6) is 1.41. The molecule has 3 aromatic carbocycles. The van der Waals surface area contributed by atoms with Crippen molar-refractivity contribution in [2.75, 3.05) is 12.4 Å². The van der Waals surface area contributed by atoms with Crippen LogP contribution in [0.4, 0.5) is 18.9 Å². The summed E-state index contributed by atoms with van der Waals surface area (Å²) in [6.45, 7) is 0. The van der Waals surface area contributed by atoms with E-state index in [1.54, 1.807) is 19.2 Å². The predicted molar refractivity (Wildman–Crippen MR) is 141 cm³/mol. The van der Waals surface area contributed by atoms with Crippen molar-refractivity contribution in [2.24, 2.45) is 0 Å². The van der Waals surface area contributed by atoms with E-state index in [0.29, 0.717) is 24.1 Å². The van der Waals surface area contributed by atoms with E-state index in [2.05, 4.69) is 10.6 Å². The van der Waals surface area contributed by atoms with Gasteiger partial charge in [0.25, 0.3) is 5.91 Å². The van der Waals surface area contributed by atoms with Crippen molar-refractivity contribution in [1.29, 1.82) is 0 Å². The summed E-state index contributed by atoms with van der Waals surface area (Å²) in [6, 6.07) is 21.8. The van der Waals surface area contributed by atoms with Crippen LogP contribution in [0.3, 0.4) is 0 Å². The maximum Gasteiger partial charge on any atom is 0.416 e. The van der Waals surface area contributed by atoms with Gasteiger partial charge in [-0.1, -0.05) is 36.4 Å². The molecular weight excluding hydrogens is 491 g/mol. The van der Waals surface area contributed by atoms with E-state index in [0.717, 1.165) is 40.2 Å². The van der Waals surface area contributed by atoms with Crippen molar-refractivity contribution in [3.63, 3.8) is 0 Å². The molecule has 0 bridgehead atoms. The molecule has 1 aromatic heterocycles. The zero-order valence-corrected chi connectivity index (χ0v) is 20.5. The molecule has 0 saturated heterocycles. The number of aromatic nitrogens is 1. The Morgan fingerprint density at radius 3 is 2.03 bits per heavy atom. The number of rotatable bonds is 7. The number of halogens is 3. The minimum atomic E-state index is -4.38. The van der Waals surface area contributed by atoms with Gasteiger partial charge < -0.3 is 15.2 Å². The Bertz CT molecular complexity index is 1480. The number of carbonyl (C=O) groups is 2. The molecule has 38 heavy (non-hydrogen) atoms. The number of alkyl halides is 3. The highest BCUT2D eigenvalue weighted by Gasteiger charge is 2.30. The molecule has 0 aliphatic carbocycles. The van der Waals surface area contributed by atoms with Gasteiger partial charge in [0.1, 0.15) is 0 Å². The van der Waals surface area contributed by atoms with Gasteiger partial charge in [0.15, 0.2) is 0 Å². The molecule has 4 rings (SSSR count). The van der Waals surface area contributed by atoms with Gasteiger partial charge in [0.05, 0.1) is 11.3 Å². The summed E-state index contributed by atoms with van der Waals surface area (Å²) in [7, 11) is 1.59. The zero-order valence-electron chi connectivity index (χ0n) is 20.5. The van der Waals surface area contributed by atoms with Gasteiger partial charge in [-0.25, -0.2) is 0 Å². The van der Waals surface area contributed by atoms with Crippen molar-refractivity contribution in [1.82, 2.24) is 9.88 Å². The number of benzene rings is 3. The molecule has 8 heteroatoms. The average Bonchev–Trinajstić information content (AvgIpc) is 3.36. The number of amides is 2. The van der Waals surface area contributed by atoms with Crippen molar-refractivity contribution in [2.45, 2.75) is 19.0 Å². The number of carbonyl (C=O) groups excluding carboxylic acids is 2. The van der Waals surface area contributed by atoms with Crippen LogP contribution in [0, 0.1) is 12.3 Å². The zero-order chi connectivity index (χ0) is 27.3. The Hall–Kier alpha value is -4.77. The molecular formula is C30H24F3N3O2. The third kappa shape index (κ3) is 6.13. The van der Waals surface area contributed by atoms with Gasteiger partial charge in [0, 0.05) is 31.0 Å². The quantitative estimate of drug-likeness (QED) is 0.293. The Labute approximate surface area is 218 Å². The highest BCUT2D eigenvalue weighted by atomic mass is 19.4. The summed E-state index contributed by atoms with van der Waals surface area (Å²) < 4.78 is 40.7. The minimum Gasteiger partial charge on any atom is -0.359 e. The Morgan fingerprint density at radius 2 is 1.47 bits per heavy atom. The normalized spacial score (nSPS) is 11.0. The standard InChI is InChI=1S/C30H24F3N3O2/c1-3-28(37)35-25-13-15-26(16-14-25)36-19-20(4-17-29(38)34-2)18-27(36)23-7-5-21(6-8-23)22-9-11-24(12-10-22)30(31,32)33/h1,5-16,18-19H,4,17H2,2H3,(H,34,38)(H,35,37). The van der Waals surface area contributed by atoms with Gasteiger partial charge in [-0.2, -0.15) is 13.2 Å². The van der Waals surface area contributed by atoms with E-state index in [4.69, 9.17) is 6.42 Å². The summed E-state index contributed by atoms with van der Waals surface area (Å²) in [4.78, 5) is 23.3. The van der Waals surface area contributed by atoms with Gasteiger partial charge in [-0.15, -0.1) is 6.42 Å². The summed E-state index contributed by atoms with van der Waals surface area (Å²) in [5, 5.41) is 5.23. The Morgan fingerprint density at radius 1 is 0.895 bits per heavy atom. The lowest BCUT2D eigenvalue weighted by Crippen LogP contribution is -2.17. The predicted octanol–water partition coefficient (Wildman–Crippen LogP) is 6.08. The Kier molecular flexibility index (Phi) is 7.68. The molecule has 2 amide bonds. The first kappa shape index (κ1) is 26.3. The third-order valence-electron chi connectivity index (χ3n) is 6.06. The number of hydrogen-bond donors (Lipinski definition) is 2. The third-order valence-corrected chi connectivity index (χ3v) is 6.06. The molecule has 0 atom stereocenters. The summed E-state index contributed by atoms with van der Waals surface area (Å²) in [5.41, 5.74) is 4.88. The SMILES string of the molecule is C#CC(=O)Nc1ccc(-n2cc(CCC(=O)NC)cc2-c2ccc(-c3ccc(C(F)(F)F)cc3)cc2)cc1. The first-order valence-corrected chi connectivity index (χ1v) is 11.8. The minimum absolute atomic E-state index is 0.0613. The molecule has 0 aliphatic rings. The van der Waals surface area contributed by atoms with E-state index in [9.17, 15) is 22.8 Å². The monoisotopic (exact) mass is 515 g/mol.